The van der Waals surface area contributed by atoms with E-state index in [4.69, 9.17) is 14.4 Å². The molecule has 4 rings (SSSR count). The number of hydrogen-bond acceptors (Lipinski definition) is 6. The minimum Gasteiger partial charge on any atom is -0.486 e. The third kappa shape index (κ3) is 5.41. The summed E-state index contributed by atoms with van der Waals surface area (Å²) in [5.41, 5.74) is 1.24. The summed E-state index contributed by atoms with van der Waals surface area (Å²) >= 11 is 0. The average molecular weight is 447 g/mol. The first-order valence-electron chi connectivity index (χ1n) is 10.9. The van der Waals surface area contributed by atoms with Crippen molar-refractivity contribution in [3.05, 3.63) is 65.9 Å². The highest BCUT2D eigenvalue weighted by Crippen LogP contribution is 2.22. The Morgan fingerprint density at radius 1 is 1.21 bits per heavy atom. The first-order chi connectivity index (χ1) is 16.1. The van der Waals surface area contributed by atoms with Gasteiger partial charge in [0.15, 0.2) is 5.76 Å². The van der Waals surface area contributed by atoms with Gasteiger partial charge in [-0.15, -0.1) is 0 Å². The van der Waals surface area contributed by atoms with Crippen molar-refractivity contribution in [1.82, 2.24) is 14.7 Å². The van der Waals surface area contributed by atoms with Crippen molar-refractivity contribution in [2.24, 2.45) is 5.92 Å². The highest BCUT2D eigenvalue weighted by Gasteiger charge is 2.29. The number of hydrogen-bond donors (Lipinski definition) is 1. The SMILES string of the molecule is CCn1cc(NC(=O)C2CCN(C(=O)c3ccc(COc4ccc(C#N)cc4)o3)CC2)cn1. The van der Waals surface area contributed by atoms with Crippen LogP contribution in [0.2, 0.25) is 0 Å². The molecule has 0 radical (unpaired) electrons. The predicted octanol–water partition coefficient (Wildman–Crippen LogP) is 3.44. The molecule has 3 heterocycles. The standard InChI is InChI=1S/C24H25N5O4/c1-2-29-15-19(14-26-29)27-23(30)18-9-11-28(12-10-18)24(31)22-8-7-21(33-22)16-32-20-5-3-17(13-25)4-6-20/h3-8,14-15,18H,2,9-12,16H2,1H3,(H,27,30). The lowest BCUT2D eigenvalue weighted by atomic mass is 9.95. The first kappa shape index (κ1) is 22.1. The van der Waals surface area contributed by atoms with Crippen LogP contribution in [0.25, 0.3) is 0 Å². The maximum atomic E-state index is 12.8. The number of rotatable bonds is 7. The molecule has 1 saturated heterocycles. The fraction of sp³-hybridized carbons (Fsp3) is 0.333. The van der Waals surface area contributed by atoms with E-state index >= 15 is 0 Å². The van der Waals surface area contributed by atoms with E-state index in [1.54, 1.807) is 58.4 Å². The summed E-state index contributed by atoms with van der Waals surface area (Å²) in [6, 6.07) is 12.2. The number of carbonyl (C=O) groups is 2. The Hall–Kier alpha value is -4.06. The minimum atomic E-state index is -0.192. The van der Waals surface area contributed by atoms with Crippen molar-refractivity contribution in [3.8, 4) is 11.8 Å². The number of nitriles is 1. The summed E-state index contributed by atoms with van der Waals surface area (Å²) in [7, 11) is 0. The molecule has 0 atom stereocenters. The van der Waals surface area contributed by atoms with E-state index in [1.165, 1.54) is 0 Å². The second kappa shape index (κ2) is 10.0. The fourth-order valence-electron chi connectivity index (χ4n) is 3.70. The van der Waals surface area contributed by atoms with Crippen LogP contribution in [0.3, 0.4) is 0 Å². The quantitative estimate of drug-likeness (QED) is 0.594. The van der Waals surface area contributed by atoms with Gasteiger partial charge in [-0.1, -0.05) is 0 Å². The van der Waals surface area contributed by atoms with Crippen molar-refractivity contribution < 1.29 is 18.7 Å². The lowest BCUT2D eigenvalue weighted by molar-refractivity contribution is -0.121. The Kier molecular flexibility index (Phi) is 6.74. The number of furan rings is 1. The fourth-order valence-corrected chi connectivity index (χ4v) is 3.70. The molecule has 1 aliphatic rings. The van der Waals surface area contributed by atoms with Crippen molar-refractivity contribution in [2.75, 3.05) is 18.4 Å². The number of nitrogens with one attached hydrogen (secondary N) is 1. The monoisotopic (exact) mass is 447 g/mol. The average Bonchev–Trinajstić information content (AvgIpc) is 3.52. The third-order valence-electron chi connectivity index (χ3n) is 5.61. The second-order valence-electron chi connectivity index (χ2n) is 7.83. The zero-order valence-electron chi connectivity index (χ0n) is 18.4. The molecule has 0 spiro atoms. The number of piperidine rings is 1. The van der Waals surface area contributed by atoms with E-state index in [9.17, 15) is 9.59 Å². The molecule has 1 aliphatic heterocycles. The number of amides is 2. The number of likely N-dealkylation sites (tertiary alicyclic amines) is 1. The van der Waals surface area contributed by atoms with E-state index in [1.807, 2.05) is 6.92 Å². The van der Waals surface area contributed by atoms with Gasteiger partial charge in [-0.05, 0) is 56.2 Å². The van der Waals surface area contributed by atoms with Crippen LogP contribution in [-0.4, -0.2) is 39.6 Å². The normalized spacial score (nSPS) is 14.0. The van der Waals surface area contributed by atoms with Gasteiger partial charge in [-0.2, -0.15) is 10.4 Å². The van der Waals surface area contributed by atoms with Gasteiger partial charge < -0.3 is 19.4 Å². The largest absolute Gasteiger partial charge is 0.486 e. The Labute approximate surface area is 191 Å². The summed E-state index contributed by atoms with van der Waals surface area (Å²) in [4.78, 5) is 27.1. The van der Waals surface area contributed by atoms with Crippen molar-refractivity contribution in [3.63, 3.8) is 0 Å². The van der Waals surface area contributed by atoms with Crippen LogP contribution in [-0.2, 0) is 17.9 Å². The summed E-state index contributed by atoms with van der Waals surface area (Å²) in [5.74, 6) is 1.02. The molecule has 3 aromatic rings. The van der Waals surface area contributed by atoms with Crippen LogP contribution < -0.4 is 10.1 Å². The zero-order valence-corrected chi connectivity index (χ0v) is 18.4. The van der Waals surface area contributed by atoms with E-state index in [0.29, 0.717) is 48.7 Å². The number of ether oxygens (including phenoxy) is 1. The molecule has 1 aromatic carbocycles. The molecule has 1 fully saturated rings. The molecule has 2 amide bonds. The Morgan fingerprint density at radius 2 is 1.97 bits per heavy atom. The predicted molar refractivity (Wildman–Crippen MR) is 119 cm³/mol. The number of benzene rings is 1. The van der Waals surface area contributed by atoms with Crippen molar-refractivity contribution >= 4 is 17.5 Å². The van der Waals surface area contributed by atoms with Gasteiger partial charge in [0.1, 0.15) is 18.1 Å². The van der Waals surface area contributed by atoms with Crippen LogP contribution in [0.15, 0.2) is 53.2 Å². The smallest absolute Gasteiger partial charge is 0.289 e. The van der Waals surface area contributed by atoms with Gasteiger partial charge in [-0.3, -0.25) is 14.3 Å². The Balaban J connectivity index is 1.25. The minimum absolute atomic E-state index is 0.0435. The Morgan fingerprint density at radius 3 is 2.64 bits per heavy atom. The lowest BCUT2D eigenvalue weighted by Crippen LogP contribution is -2.41. The van der Waals surface area contributed by atoms with Crippen LogP contribution >= 0.6 is 0 Å². The van der Waals surface area contributed by atoms with Crippen molar-refractivity contribution in [2.45, 2.75) is 32.9 Å². The van der Waals surface area contributed by atoms with Crippen LogP contribution in [0.4, 0.5) is 5.69 Å². The van der Waals surface area contributed by atoms with Crippen molar-refractivity contribution in [1.29, 1.82) is 5.26 Å². The zero-order chi connectivity index (χ0) is 23.2. The highest BCUT2D eigenvalue weighted by molar-refractivity contribution is 5.93. The Bertz CT molecular complexity index is 1150. The molecule has 170 valence electrons. The topological polar surface area (TPSA) is 113 Å². The van der Waals surface area contributed by atoms with Gasteiger partial charge in [0.25, 0.3) is 5.91 Å². The molecular formula is C24H25N5O4. The van der Waals surface area contributed by atoms with Crippen LogP contribution in [0.1, 0.15) is 41.6 Å². The molecule has 2 aromatic heterocycles. The summed E-state index contributed by atoms with van der Waals surface area (Å²) < 4.78 is 13.1. The van der Waals surface area contributed by atoms with E-state index in [0.717, 1.165) is 6.54 Å². The number of carbonyl (C=O) groups excluding carboxylic acids is 2. The summed E-state index contributed by atoms with van der Waals surface area (Å²) in [5, 5.41) is 15.9. The lowest BCUT2D eigenvalue weighted by Gasteiger charge is -2.30. The third-order valence-corrected chi connectivity index (χ3v) is 5.61. The van der Waals surface area contributed by atoms with Gasteiger partial charge in [-0.25, -0.2) is 0 Å². The molecule has 9 nitrogen and oxygen atoms in total. The summed E-state index contributed by atoms with van der Waals surface area (Å²) in [6.07, 6.45) is 4.62. The molecule has 1 N–H and O–H groups in total. The van der Waals surface area contributed by atoms with E-state index in [2.05, 4.69) is 16.5 Å². The van der Waals surface area contributed by atoms with Crippen LogP contribution in [0.5, 0.6) is 5.75 Å². The molecule has 0 aliphatic carbocycles. The maximum absolute atomic E-state index is 12.8. The molecule has 0 bridgehead atoms. The molecule has 0 saturated carbocycles. The summed E-state index contributed by atoms with van der Waals surface area (Å²) in [6.45, 7) is 3.88. The second-order valence-corrected chi connectivity index (χ2v) is 7.83. The van der Waals surface area contributed by atoms with E-state index < -0.39 is 0 Å². The van der Waals surface area contributed by atoms with Gasteiger partial charge in [0.05, 0.1) is 23.5 Å². The number of aryl methyl sites for hydroxylation is 1. The number of anilines is 1. The molecule has 0 unspecified atom stereocenters. The van der Waals surface area contributed by atoms with Crippen LogP contribution in [0, 0.1) is 17.2 Å². The van der Waals surface area contributed by atoms with Gasteiger partial charge in [0.2, 0.25) is 5.91 Å². The number of aromatic nitrogens is 2. The van der Waals surface area contributed by atoms with Gasteiger partial charge >= 0.3 is 0 Å². The number of nitrogens with zero attached hydrogens (tertiary/aromatic N) is 4. The first-order valence-corrected chi connectivity index (χ1v) is 10.9. The van der Waals surface area contributed by atoms with Gasteiger partial charge in [0, 0.05) is 31.7 Å². The highest BCUT2D eigenvalue weighted by atomic mass is 16.5. The van der Waals surface area contributed by atoms with E-state index in [-0.39, 0.29) is 30.1 Å². The molecular weight excluding hydrogens is 422 g/mol. The molecule has 9 heteroatoms. The maximum Gasteiger partial charge on any atom is 0.289 e. The molecule has 33 heavy (non-hydrogen) atoms.